The van der Waals surface area contributed by atoms with Gasteiger partial charge in [0, 0.05) is 37.8 Å². The van der Waals surface area contributed by atoms with Crippen molar-refractivity contribution in [1.29, 1.82) is 0 Å². The zero-order chi connectivity index (χ0) is 21.5. The van der Waals surface area contributed by atoms with Gasteiger partial charge in [0.2, 0.25) is 5.91 Å². The minimum atomic E-state index is -4.59. The Hall–Kier alpha value is -1.98. The highest BCUT2D eigenvalue weighted by Crippen LogP contribution is 2.32. The molecule has 0 radical (unpaired) electrons. The minimum absolute atomic E-state index is 0. The lowest BCUT2D eigenvalue weighted by Gasteiger charge is -2.34. The molecule has 0 fully saturated rings. The van der Waals surface area contributed by atoms with E-state index >= 15 is 0 Å². The first-order valence-electron chi connectivity index (χ1n) is 8.80. The average Bonchev–Trinajstić information content (AvgIpc) is 3.05. The third kappa shape index (κ3) is 5.83. The summed E-state index contributed by atoms with van der Waals surface area (Å²) in [6, 6.07) is -0.501. The molecule has 2 N–H and O–H groups in total. The van der Waals surface area contributed by atoms with Crippen molar-refractivity contribution in [2.75, 3.05) is 6.54 Å². The van der Waals surface area contributed by atoms with Crippen molar-refractivity contribution in [3.63, 3.8) is 0 Å². The van der Waals surface area contributed by atoms with Gasteiger partial charge in [-0.3, -0.25) is 4.79 Å². The van der Waals surface area contributed by atoms with E-state index in [1.54, 1.807) is 6.92 Å². The minimum Gasteiger partial charge on any atom is -0.331 e. The SMILES string of the molecule is CC1c2nc(C(F)(F)F)cn2CCN1C(=O)C[C@H](N)Cc1cc(F)c(F)cc1F.Cl.Cl. The highest BCUT2D eigenvalue weighted by Gasteiger charge is 2.38. The summed E-state index contributed by atoms with van der Waals surface area (Å²) in [6.45, 7) is 1.85. The summed E-state index contributed by atoms with van der Waals surface area (Å²) in [5.74, 6) is -3.86. The largest absolute Gasteiger partial charge is 0.434 e. The summed E-state index contributed by atoms with van der Waals surface area (Å²) in [5.41, 5.74) is 4.68. The standard InChI is InChI=1S/C18H18F6N4O.2ClH/c1-9-17-26-15(18(22,23)24)8-27(17)2-3-28(9)16(29)6-11(25)4-10-5-13(20)14(21)7-12(10)19;;/h5,7-9,11H,2-4,6,25H2,1H3;2*1H/t9?,11-;;/m1../s1. The van der Waals surface area contributed by atoms with Crippen LogP contribution in [0.1, 0.15) is 36.5 Å². The van der Waals surface area contributed by atoms with Crippen LogP contribution in [0.25, 0.3) is 0 Å². The zero-order valence-electron chi connectivity index (χ0n) is 16.1. The molecule has 31 heavy (non-hydrogen) atoms. The topological polar surface area (TPSA) is 64.2 Å². The Morgan fingerprint density at radius 1 is 1.16 bits per heavy atom. The number of imidazole rings is 1. The molecule has 5 nitrogen and oxygen atoms in total. The lowest BCUT2D eigenvalue weighted by atomic mass is 10.0. The number of carbonyl (C=O) groups excluding carboxylic acids is 1. The summed E-state index contributed by atoms with van der Waals surface area (Å²) in [6.07, 6.45) is -4.12. The number of rotatable bonds is 4. The van der Waals surface area contributed by atoms with Crippen molar-refractivity contribution in [3.8, 4) is 0 Å². The van der Waals surface area contributed by atoms with E-state index in [-0.39, 0.29) is 62.1 Å². The summed E-state index contributed by atoms with van der Waals surface area (Å²) in [5, 5.41) is 0. The van der Waals surface area contributed by atoms with Gasteiger partial charge in [-0.2, -0.15) is 13.2 Å². The molecule has 0 spiro atoms. The zero-order valence-corrected chi connectivity index (χ0v) is 17.8. The van der Waals surface area contributed by atoms with E-state index in [0.717, 1.165) is 6.20 Å². The maximum atomic E-state index is 13.7. The predicted octanol–water partition coefficient (Wildman–Crippen LogP) is 4.03. The first kappa shape index (κ1) is 27.1. The fourth-order valence-corrected chi connectivity index (χ4v) is 3.38. The average molecular weight is 493 g/mol. The second-order valence-corrected chi connectivity index (χ2v) is 6.96. The van der Waals surface area contributed by atoms with E-state index in [1.165, 1.54) is 9.47 Å². The van der Waals surface area contributed by atoms with Gasteiger partial charge in [-0.15, -0.1) is 24.8 Å². The highest BCUT2D eigenvalue weighted by molar-refractivity contribution is 5.85. The van der Waals surface area contributed by atoms with Crippen LogP contribution < -0.4 is 5.73 Å². The molecule has 1 amide bonds. The number of aromatic nitrogens is 2. The van der Waals surface area contributed by atoms with Crippen LogP contribution in [0.15, 0.2) is 18.3 Å². The fraction of sp³-hybridized carbons (Fsp3) is 0.444. The molecule has 0 saturated carbocycles. The summed E-state index contributed by atoms with van der Waals surface area (Å²) < 4.78 is 80.0. The molecule has 2 aromatic rings. The van der Waals surface area contributed by atoms with E-state index < -0.39 is 47.3 Å². The lowest BCUT2D eigenvalue weighted by Crippen LogP contribution is -2.43. The Bertz CT molecular complexity index is 937. The first-order valence-corrected chi connectivity index (χ1v) is 8.80. The van der Waals surface area contributed by atoms with Gasteiger partial charge >= 0.3 is 6.18 Å². The number of benzene rings is 1. The van der Waals surface area contributed by atoms with Gasteiger partial charge in [0.15, 0.2) is 17.3 Å². The molecular formula is C18H20Cl2F6N4O. The van der Waals surface area contributed by atoms with Crippen molar-refractivity contribution in [1.82, 2.24) is 14.5 Å². The van der Waals surface area contributed by atoms with Gasteiger partial charge in [-0.05, 0) is 25.0 Å². The molecular weight excluding hydrogens is 473 g/mol. The molecule has 174 valence electrons. The Labute approximate surface area is 186 Å². The molecule has 1 aromatic heterocycles. The van der Waals surface area contributed by atoms with Crippen molar-refractivity contribution in [2.45, 2.75) is 44.6 Å². The van der Waals surface area contributed by atoms with Gasteiger partial charge in [-0.1, -0.05) is 0 Å². The fourth-order valence-electron chi connectivity index (χ4n) is 3.38. The molecule has 2 heterocycles. The van der Waals surface area contributed by atoms with Gasteiger partial charge in [-0.25, -0.2) is 18.2 Å². The maximum absolute atomic E-state index is 13.7. The third-order valence-electron chi connectivity index (χ3n) is 4.85. The van der Waals surface area contributed by atoms with E-state index in [4.69, 9.17) is 5.73 Å². The Kier molecular flexibility index (Phi) is 8.81. The first-order chi connectivity index (χ1) is 13.5. The Balaban J connectivity index is 0.00000240. The number of alkyl halides is 3. The van der Waals surface area contributed by atoms with Crippen molar-refractivity contribution < 1.29 is 31.1 Å². The number of halogens is 8. The van der Waals surface area contributed by atoms with E-state index in [1.807, 2.05) is 0 Å². The highest BCUT2D eigenvalue weighted by atomic mass is 35.5. The molecule has 13 heteroatoms. The van der Waals surface area contributed by atoms with E-state index in [9.17, 15) is 31.1 Å². The second-order valence-electron chi connectivity index (χ2n) is 6.96. The summed E-state index contributed by atoms with van der Waals surface area (Å²) in [4.78, 5) is 17.5. The van der Waals surface area contributed by atoms with Crippen LogP contribution in [0.4, 0.5) is 26.3 Å². The van der Waals surface area contributed by atoms with Gasteiger partial charge in [0.1, 0.15) is 11.6 Å². The molecule has 1 aliphatic rings. The molecule has 1 aromatic carbocycles. The number of nitrogens with two attached hydrogens (primary N) is 1. The molecule has 3 rings (SSSR count). The Morgan fingerprint density at radius 2 is 1.77 bits per heavy atom. The van der Waals surface area contributed by atoms with Gasteiger partial charge in [0.05, 0.1) is 6.04 Å². The molecule has 0 aliphatic carbocycles. The number of hydrogen-bond acceptors (Lipinski definition) is 3. The molecule has 0 saturated heterocycles. The van der Waals surface area contributed by atoms with Crippen LogP contribution in [0.5, 0.6) is 0 Å². The quantitative estimate of drug-likeness (QED) is 0.517. The van der Waals surface area contributed by atoms with Crippen molar-refractivity contribution in [3.05, 3.63) is 52.9 Å². The number of nitrogens with zero attached hydrogens (tertiary/aromatic N) is 3. The van der Waals surface area contributed by atoms with Crippen molar-refractivity contribution >= 4 is 30.7 Å². The number of carbonyl (C=O) groups is 1. The van der Waals surface area contributed by atoms with Crippen LogP contribution in [-0.2, 0) is 23.9 Å². The lowest BCUT2D eigenvalue weighted by molar-refractivity contribution is -0.141. The van der Waals surface area contributed by atoms with Crippen LogP contribution >= 0.6 is 24.8 Å². The normalized spacial score (nSPS) is 16.8. The number of amides is 1. The van der Waals surface area contributed by atoms with Crippen LogP contribution in [0.3, 0.4) is 0 Å². The van der Waals surface area contributed by atoms with Crippen LogP contribution in [0.2, 0.25) is 0 Å². The maximum Gasteiger partial charge on any atom is 0.434 e. The molecule has 1 unspecified atom stereocenters. The second kappa shape index (κ2) is 10.1. The molecule has 0 bridgehead atoms. The summed E-state index contributed by atoms with van der Waals surface area (Å²) >= 11 is 0. The monoisotopic (exact) mass is 492 g/mol. The number of hydrogen-bond donors (Lipinski definition) is 1. The van der Waals surface area contributed by atoms with Crippen LogP contribution in [0, 0.1) is 17.5 Å². The molecule has 1 aliphatic heterocycles. The Morgan fingerprint density at radius 3 is 2.39 bits per heavy atom. The predicted molar refractivity (Wildman–Crippen MR) is 104 cm³/mol. The summed E-state index contributed by atoms with van der Waals surface area (Å²) in [7, 11) is 0. The van der Waals surface area contributed by atoms with E-state index in [0.29, 0.717) is 12.1 Å². The third-order valence-corrected chi connectivity index (χ3v) is 4.85. The van der Waals surface area contributed by atoms with Crippen LogP contribution in [-0.4, -0.2) is 32.9 Å². The smallest absolute Gasteiger partial charge is 0.331 e. The molecule has 2 atom stereocenters. The van der Waals surface area contributed by atoms with Crippen molar-refractivity contribution in [2.24, 2.45) is 5.73 Å². The number of fused-ring (bicyclic) bond motifs is 1. The van der Waals surface area contributed by atoms with E-state index in [2.05, 4.69) is 4.98 Å². The van der Waals surface area contributed by atoms with Gasteiger partial charge < -0.3 is 15.2 Å². The van der Waals surface area contributed by atoms with Gasteiger partial charge in [0.25, 0.3) is 0 Å².